The summed E-state index contributed by atoms with van der Waals surface area (Å²) >= 11 is 1.19. The average molecular weight is 307 g/mol. The van der Waals surface area contributed by atoms with Crippen LogP contribution < -0.4 is 5.32 Å². The number of carbonyl (C=O) groups is 1. The van der Waals surface area contributed by atoms with Gasteiger partial charge in [0, 0.05) is 6.54 Å². The first-order chi connectivity index (χ1) is 10.1. The summed E-state index contributed by atoms with van der Waals surface area (Å²) in [6.45, 7) is 5.68. The van der Waals surface area contributed by atoms with E-state index in [4.69, 9.17) is 0 Å². The highest BCUT2D eigenvalue weighted by atomic mass is 32.2. The Morgan fingerprint density at radius 3 is 3.14 bits per heavy atom. The zero-order valence-corrected chi connectivity index (χ0v) is 12.2. The Morgan fingerprint density at radius 2 is 2.43 bits per heavy atom. The molecule has 1 heterocycles. The number of benzene rings is 1. The topological polar surface area (TPSA) is 72.7 Å². The molecule has 0 saturated heterocycles. The van der Waals surface area contributed by atoms with Gasteiger partial charge in [0.2, 0.25) is 11.1 Å². The van der Waals surface area contributed by atoms with Crippen LogP contribution in [0, 0.1) is 5.82 Å². The minimum Gasteiger partial charge on any atom is -0.352 e. The highest BCUT2D eigenvalue weighted by molar-refractivity contribution is 8.00. The van der Waals surface area contributed by atoms with E-state index in [9.17, 15) is 9.18 Å². The summed E-state index contributed by atoms with van der Waals surface area (Å²) in [6.07, 6.45) is 1.60. The Bertz CT molecular complexity index is 645. The molecule has 0 unspecified atom stereocenters. The van der Waals surface area contributed by atoms with Crippen LogP contribution in [-0.2, 0) is 4.79 Å². The molecule has 0 spiro atoms. The smallest absolute Gasteiger partial charge is 0.233 e. The Labute approximate surface area is 125 Å². The molecule has 110 valence electrons. The van der Waals surface area contributed by atoms with Crippen LogP contribution in [0.2, 0.25) is 0 Å². The van der Waals surface area contributed by atoms with E-state index in [2.05, 4.69) is 27.4 Å². The summed E-state index contributed by atoms with van der Waals surface area (Å²) < 4.78 is 14.7. The van der Waals surface area contributed by atoms with E-state index in [1.165, 1.54) is 28.6 Å². The third-order valence-corrected chi connectivity index (χ3v) is 3.60. The minimum atomic E-state index is -0.386. The van der Waals surface area contributed by atoms with Crippen LogP contribution in [0.3, 0.4) is 0 Å². The molecule has 1 atom stereocenters. The molecule has 2 aromatic rings. The van der Waals surface area contributed by atoms with Gasteiger partial charge in [0.15, 0.2) is 0 Å². The minimum absolute atomic E-state index is 0.145. The van der Waals surface area contributed by atoms with Crippen molar-refractivity contribution in [3.05, 3.63) is 42.7 Å². The fraction of sp³-hybridized carbons (Fsp3) is 0.231. The standard InChI is InChI=1S/C13H14FN5OS/c1-3-7-15-12(20)9(2)21-13-16-17-18-19(13)11-6-4-5-10(14)8-11/h3-6,8-9H,1,7H2,2H3,(H,15,20)/t9-/m1/s1. The van der Waals surface area contributed by atoms with E-state index in [1.807, 2.05) is 0 Å². The summed E-state index contributed by atoms with van der Waals surface area (Å²) in [4.78, 5) is 11.8. The van der Waals surface area contributed by atoms with E-state index in [0.29, 0.717) is 17.4 Å². The highest BCUT2D eigenvalue weighted by Crippen LogP contribution is 2.23. The largest absolute Gasteiger partial charge is 0.352 e. The molecule has 2 rings (SSSR count). The monoisotopic (exact) mass is 307 g/mol. The van der Waals surface area contributed by atoms with Crippen LogP contribution in [0.25, 0.3) is 5.69 Å². The van der Waals surface area contributed by atoms with Gasteiger partial charge >= 0.3 is 0 Å². The van der Waals surface area contributed by atoms with Gasteiger partial charge in [0.1, 0.15) is 5.82 Å². The van der Waals surface area contributed by atoms with Gasteiger partial charge in [0.05, 0.1) is 10.9 Å². The quantitative estimate of drug-likeness (QED) is 0.648. The second-order valence-corrected chi connectivity index (χ2v) is 5.45. The van der Waals surface area contributed by atoms with Gasteiger partial charge in [-0.2, -0.15) is 4.68 Å². The molecule has 1 aromatic carbocycles. The number of rotatable bonds is 6. The molecule has 6 nitrogen and oxygen atoms in total. The van der Waals surface area contributed by atoms with Gasteiger partial charge in [-0.05, 0) is 35.5 Å². The molecule has 0 bridgehead atoms. The van der Waals surface area contributed by atoms with Gasteiger partial charge in [-0.3, -0.25) is 4.79 Å². The Hall–Kier alpha value is -2.22. The molecule has 1 N–H and O–H groups in total. The van der Waals surface area contributed by atoms with E-state index < -0.39 is 0 Å². The predicted octanol–water partition coefficient (Wildman–Crippen LogP) is 1.58. The molecular formula is C13H14FN5OS. The lowest BCUT2D eigenvalue weighted by Crippen LogP contribution is -2.31. The Balaban J connectivity index is 2.14. The number of hydrogen-bond donors (Lipinski definition) is 1. The molecule has 0 aliphatic carbocycles. The predicted molar refractivity (Wildman–Crippen MR) is 77.6 cm³/mol. The maximum absolute atomic E-state index is 13.3. The zero-order chi connectivity index (χ0) is 15.2. The molecule has 0 aliphatic heterocycles. The zero-order valence-electron chi connectivity index (χ0n) is 11.4. The summed E-state index contributed by atoms with van der Waals surface area (Å²) in [5.41, 5.74) is 0.501. The van der Waals surface area contributed by atoms with Crippen molar-refractivity contribution in [3.8, 4) is 5.69 Å². The highest BCUT2D eigenvalue weighted by Gasteiger charge is 2.18. The number of aromatic nitrogens is 4. The summed E-state index contributed by atoms with van der Waals surface area (Å²) in [5, 5.41) is 14.0. The summed E-state index contributed by atoms with van der Waals surface area (Å²) in [5.74, 6) is -0.524. The van der Waals surface area contributed by atoms with Crippen LogP contribution in [0.5, 0.6) is 0 Å². The maximum atomic E-state index is 13.3. The number of halogens is 1. The fourth-order valence-corrected chi connectivity index (χ4v) is 2.38. The number of nitrogens with one attached hydrogen (secondary N) is 1. The number of nitrogens with zero attached hydrogens (tertiary/aromatic N) is 4. The lowest BCUT2D eigenvalue weighted by molar-refractivity contribution is -0.120. The van der Waals surface area contributed by atoms with Crippen LogP contribution in [0.1, 0.15) is 6.92 Å². The molecule has 1 amide bonds. The SMILES string of the molecule is C=CCNC(=O)[C@@H](C)Sc1nnnn1-c1cccc(F)c1. The number of carbonyl (C=O) groups excluding carboxylic acids is 1. The molecule has 21 heavy (non-hydrogen) atoms. The van der Waals surface area contributed by atoms with Gasteiger partial charge < -0.3 is 5.32 Å². The van der Waals surface area contributed by atoms with E-state index in [0.717, 1.165) is 0 Å². The molecular weight excluding hydrogens is 293 g/mol. The maximum Gasteiger partial charge on any atom is 0.233 e. The van der Waals surface area contributed by atoms with Crippen LogP contribution in [0.4, 0.5) is 4.39 Å². The number of amides is 1. The van der Waals surface area contributed by atoms with Crippen molar-refractivity contribution in [2.75, 3.05) is 6.54 Å². The number of thioether (sulfide) groups is 1. The first-order valence-electron chi connectivity index (χ1n) is 6.21. The first kappa shape index (κ1) is 15.2. The molecule has 0 aliphatic rings. The number of hydrogen-bond acceptors (Lipinski definition) is 5. The van der Waals surface area contributed by atoms with Gasteiger partial charge in [-0.1, -0.05) is 23.9 Å². The van der Waals surface area contributed by atoms with Gasteiger partial charge in [0.25, 0.3) is 0 Å². The third-order valence-electron chi connectivity index (χ3n) is 2.57. The van der Waals surface area contributed by atoms with Crippen LogP contribution in [0.15, 0.2) is 42.1 Å². The molecule has 0 saturated carbocycles. The van der Waals surface area contributed by atoms with Crippen molar-refractivity contribution < 1.29 is 9.18 Å². The van der Waals surface area contributed by atoms with E-state index >= 15 is 0 Å². The van der Waals surface area contributed by atoms with Crippen LogP contribution in [-0.4, -0.2) is 37.9 Å². The lowest BCUT2D eigenvalue weighted by atomic mass is 10.3. The van der Waals surface area contributed by atoms with Gasteiger partial charge in [-0.25, -0.2) is 4.39 Å². The van der Waals surface area contributed by atoms with Crippen LogP contribution >= 0.6 is 11.8 Å². The normalized spacial score (nSPS) is 11.9. The number of tetrazole rings is 1. The van der Waals surface area contributed by atoms with Crippen molar-refractivity contribution in [2.24, 2.45) is 0 Å². The fourth-order valence-electron chi connectivity index (χ4n) is 1.55. The molecule has 0 fully saturated rings. The second-order valence-electron chi connectivity index (χ2n) is 4.15. The van der Waals surface area contributed by atoms with Gasteiger partial charge in [-0.15, -0.1) is 11.7 Å². The second kappa shape index (κ2) is 6.98. The van der Waals surface area contributed by atoms with Crippen molar-refractivity contribution >= 4 is 17.7 Å². The molecule has 0 radical (unpaired) electrons. The van der Waals surface area contributed by atoms with E-state index in [-0.39, 0.29) is 17.0 Å². The lowest BCUT2D eigenvalue weighted by Gasteiger charge is -2.10. The van der Waals surface area contributed by atoms with Crippen molar-refractivity contribution in [1.29, 1.82) is 0 Å². The van der Waals surface area contributed by atoms with Crippen molar-refractivity contribution in [2.45, 2.75) is 17.3 Å². The van der Waals surface area contributed by atoms with Crippen molar-refractivity contribution in [3.63, 3.8) is 0 Å². The third kappa shape index (κ3) is 3.88. The average Bonchev–Trinajstić information content (AvgIpc) is 2.92. The Kier molecular flexibility index (Phi) is 5.04. The molecule has 8 heteroatoms. The van der Waals surface area contributed by atoms with Crippen molar-refractivity contribution in [1.82, 2.24) is 25.5 Å². The first-order valence-corrected chi connectivity index (χ1v) is 7.09. The van der Waals surface area contributed by atoms with E-state index in [1.54, 1.807) is 25.1 Å². The summed E-state index contributed by atoms with van der Waals surface area (Å²) in [6, 6.07) is 5.92. The Morgan fingerprint density at radius 1 is 1.62 bits per heavy atom. The molecule has 1 aromatic heterocycles. The summed E-state index contributed by atoms with van der Waals surface area (Å²) in [7, 11) is 0.